The molecule has 0 radical (unpaired) electrons. The quantitative estimate of drug-likeness (QED) is 0.436. The highest BCUT2D eigenvalue weighted by Crippen LogP contribution is 2.17. The second kappa shape index (κ2) is 7.14. The van der Waals surface area contributed by atoms with E-state index in [1.165, 1.54) is 12.8 Å². The summed E-state index contributed by atoms with van der Waals surface area (Å²) in [7, 11) is 0. The Balaban J connectivity index is 3.32. The smallest absolute Gasteiger partial charge is 0.293 e. The number of carbonyl (C=O) groups excluding carboxylic acids is 1. The van der Waals surface area contributed by atoms with Crippen molar-refractivity contribution in [3.8, 4) is 0 Å². The van der Waals surface area contributed by atoms with Crippen LogP contribution in [0.15, 0.2) is 0 Å². The number of hydrogen-bond acceptors (Lipinski definition) is 2. The highest BCUT2D eigenvalue weighted by atomic mass is 16.5. The summed E-state index contributed by atoms with van der Waals surface area (Å²) in [6, 6.07) is 0. The first-order chi connectivity index (χ1) is 5.70. The predicted molar refractivity (Wildman–Crippen MR) is 49.9 cm³/mol. The van der Waals surface area contributed by atoms with Gasteiger partial charge in [0.25, 0.3) is 6.47 Å². The Morgan fingerprint density at radius 2 is 2.00 bits per heavy atom. The van der Waals surface area contributed by atoms with E-state index in [1.54, 1.807) is 0 Å². The van der Waals surface area contributed by atoms with Crippen LogP contribution in [0.1, 0.15) is 40.0 Å². The lowest BCUT2D eigenvalue weighted by atomic mass is 9.93. The summed E-state index contributed by atoms with van der Waals surface area (Å²) in [4.78, 5) is 9.84. The predicted octanol–water partition coefficient (Wildman–Crippen LogP) is 2.62. The molecule has 72 valence electrons. The van der Waals surface area contributed by atoms with Crippen molar-refractivity contribution in [2.45, 2.75) is 40.0 Å². The molecule has 2 unspecified atom stereocenters. The summed E-state index contributed by atoms with van der Waals surface area (Å²) in [6.07, 6.45) is 3.46. The van der Waals surface area contributed by atoms with Crippen molar-refractivity contribution in [1.82, 2.24) is 0 Å². The van der Waals surface area contributed by atoms with Crippen LogP contribution in [0.3, 0.4) is 0 Å². The van der Waals surface area contributed by atoms with Gasteiger partial charge in [0, 0.05) is 0 Å². The maximum absolute atomic E-state index is 9.84. The Morgan fingerprint density at radius 3 is 2.50 bits per heavy atom. The van der Waals surface area contributed by atoms with Crippen molar-refractivity contribution >= 4 is 6.47 Å². The molecule has 0 aromatic carbocycles. The average molecular weight is 172 g/mol. The molecule has 0 fully saturated rings. The molecule has 2 atom stereocenters. The van der Waals surface area contributed by atoms with Crippen molar-refractivity contribution in [3.63, 3.8) is 0 Å². The van der Waals surface area contributed by atoms with Crippen LogP contribution in [0.4, 0.5) is 0 Å². The average Bonchev–Trinajstić information content (AvgIpc) is 2.05. The summed E-state index contributed by atoms with van der Waals surface area (Å²) in [6.45, 7) is 7.77. The van der Waals surface area contributed by atoms with Crippen LogP contribution < -0.4 is 0 Å². The van der Waals surface area contributed by atoms with Gasteiger partial charge >= 0.3 is 0 Å². The van der Waals surface area contributed by atoms with Crippen molar-refractivity contribution < 1.29 is 9.53 Å². The molecule has 0 bridgehead atoms. The van der Waals surface area contributed by atoms with E-state index in [1.807, 2.05) is 0 Å². The molecule has 0 aromatic heterocycles. The SMILES string of the molecule is CCC(C)CC(C)CCOC=O. The normalized spacial score (nSPS) is 15.2. The highest BCUT2D eigenvalue weighted by molar-refractivity contribution is 5.36. The van der Waals surface area contributed by atoms with Crippen molar-refractivity contribution in [1.29, 1.82) is 0 Å². The molecular formula is C10H20O2. The van der Waals surface area contributed by atoms with Crippen LogP contribution in [-0.4, -0.2) is 13.1 Å². The molecule has 0 aromatic rings. The lowest BCUT2D eigenvalue weighted by Crippen LogP contribution is -2.05. The summed E-state index contributed by atoms with van der Waals surface area (Å²) in [5.41, 5.74) is 0. The fourth-order valence-corrected chi connectivity index (χ4v) is 1.29. The lowest BCUT2D eigenvalue weighted by Gasteiger charge is -2.14. The fourth-order valence-electron chi connectivity index (χ4n) is 1.29. The molecule has 0 aliphatic heterocycles. The van der Waals surface area contributed by atoms with E-state index in [-0.39, 0.29) is 0 Å². The van der Waals surface area contributed by atoms with E-state index >= 15 is 0 Å². The van der Waals surface area contributed by atoms with Crippen molar-refractivity contribution in [3.05, 3.63) is 0 Å². The maximum Gasteiger partial charge on any atom is 0.293 e. The Hall–Kier alpha value is -0.530. The maximum atomic E-state index is 9.84. The van der Waals surface area contributed by atoms with Crippen molar-refractivity contribution in [2.24, 2.45) is 11.8 Å². The standard InChI is InChI=1S/C10H20O2/c1-4-9(2)7-10(3)5-6-12-8-11/h8-10H,4-7H2,1-3H3. The van der Waals surface area contributed by atoms with Gasteiger partial charge in [-0.3, -0.25) is 4.79 Å². The molecule has 0 amide bonds. The third-order valence-electron chi connectivity index (χ3n) is 2.30. The summed E-state index contributed by atoms with van der Waals surface area (Å²) in [5.74, 6) is 1.45. The van der Waals surface area contributed by atoms with Gasteiger partial charge in [0.15, 0.2) is 0 Å². The van der Waals surface area contributed by atoms with Gasteiger partial charge in [0.2, 0.25) is 0 Å². The second-order valence-electron chi connectivity index (χ2n) is 3.61. The number of carbonyl (C=O) groups is 1. The molecule has 0 N–H and O–H groups in total. The van der Waals surface area contributed by atoms with Crippen LogP contribution in [0.25, 0.3) is 0 Å². The molecule has 0 saturated carbocycles. The topological polar surface area (TPSA) is 26.3 Å². The molecule has 2 nitrogen and oxygen atoms in total. The molecule has 0 aliphatic carbocycles. The molecular weight excluding hydrogens is 152 g/mol. The largest absolute Gasteiger partial charge is 0.468 e. The molecule has 2 heteroatoms. The van der Waals surface area contributed by atoms with Crippen LogP contribution in [0, 0.1) is 11.8 Å². The van der Waals surface area contributed by atoms with Crippen LogP contribution in [0.5, 0.6) is 0 Å². The first-order valence-corrected chi connectivity index (χ1v) is 4.75. The van der Waals surface area contributed by atoms with Crippen LogP contribution in [0.2, 0.25) is 0 Å². The third kappa shape index (κ3) is 6.20. The molecule has 0 saturated heterocycles. The minimum atomic E-state index is 0.524. The van der Waals surface area contributed by atoms with E-state index in [0.29, 0.717) is 19.0 Å². The van der Waals surface area contributed by atoms with Gasteiger partial charge in [0.05, 0.1) is 6.61 Å². The zero-order chi connectivity index (χ0) is 9.40. The monoisotopic (exact) mass is 172 g/mol. The molecule has 0 heterocycles. The summed E-state index contributed by atoms with van der Waals surface area (Å²) >= 11 is 0. The number of hydrogen-bond donors (Lipinski definition) is 0. The number of ether oxygens (including phenoxy) is 1. The first kappa shape index (κ1) is 11.5. The van der Waals surface area contributed by atoms with Crippen LogP contribution >= 0.6 is 0 Å². The van der Waals surface area contributed by atoms with E-state index in [4.69, 9.17) is 0 Å². The minimum Gasteiger partial charge on any atom is -0.468 e. The van der Waals surface area contributed by atoms with E-state index in [0.717, 1.165) is 12.3 Å². The summed E-state index contributed by atoms with van der Waals surface area (Å²) < 4.78 is 4.64. The molecule has 0 rings (SSSR count). The Bertz CT molecular complexity index is 112. The fraction of sp³-hybridized carbons (Fsp3) is 0.900. The molecule has 0 aliphatic rings. The zero-order valence-corrected chi connectivity index (χ0v) is 8.38. The van der Waals surface area contributed by atoms with Crippen molar-refractivity contribution in [2.75, 3.05) is 6.61 Å². The van der Waals surface area contributed by atoms with E-state index in [2.05, 4.69) is 25.5 Å². The highest BCUT2D eigenvalue weighted by Gasteiger charge is 2.06. The Labute approximate surface area is 75.3 Å². The summed E-state index contributed by atoms with van der Waals surface area (Å²) in [5, 5.41) is 0. The Kier molecular flexibility index (Phi) is 6.82. The van der Waals surface area contributed by atoms with E-state index < -0.39 is 0 Å². The van der Waals surface area contributed by atoms with Gasteiger partial charge in [-0.15, -0.1) is 0 Å². The van der Waals surface area contributed by atoms with Gasteiger partial charge in [0.1, 0.15) is 0 Å². The molecule has 12 heavy (non-hydrogen) atoms. The lowest BCUT2D eigenvalue weighted by molar-refractivity contribution is -0.129. The zero-order valence-electron chi connectivity index (χ0n) is 8.38. The minimum absolute atomic E-state index is 0.524. The number of rotatable bonds is 7. The second-order valence-corrected chi connectivity index (χ2v) is 3.61. The van der Waals surface area contributed by atoms with Gasteiger partial charge in [-0.25, -0.2) is 0 Å². The van der Waals surface area contributed by atoms with Gasteiger partial charge in [-0.1, -0.05) is 27.2 Å². The van der Waals surface area contributed by atoms with Gasteiger partial charge < -0.3 is 4.74 Å². The third-order valence-corrected chi connectivity index (χ3v) is 2.30. The van der Waals surface area contributed by atoms with Gasteiger partial charge in [-0.2, -0.15) is 0 Å². The first-order valence-electron chi connectivity index (χ1n) is 4.75. The van der Waals surface area contributed by atoms with Crippen LogP contribution in [-0.2, 0) is 9.53 Å². The van der Waals surface area contributed by atoms with E-state index in [9.17, 15) is 4.79 Å². The van der Waals surface area contributed by atoms with Gasteiger partial charge in [-0.05, 0) is 24.7 Å². The molecule has 0 spiro atoms. The Morgan fingerprint density at radius 1 is 1.33 bits per heavy atom.